The molecule has 0 aliphatic carbocycles. The SMILES string of the molecule is Cc1cc2oc(=O)cc(C[NH2+][C@H](C)c3ccc(Cl)cc3)c2cc1C(C)C. The van der Waals surface area contributed by atoms with Crippen LogP contribution in [0.3, 0.4) is 0 Å². The summed E-state index contributed by atoms with van der Waals surface area (Å²) >= 11 is 5.97. The van der Waals surface area contributed by atoms with Crippen molar-refractivity contribution in [3.63, 3.8) is 0 Å². The molecule has 26 heavy (non-hydrogen) atoms. The Labute approximate surface area is 159 Å². The first kappa shape index (κ1) is 18.7. The maximum Gasteiger partial charge on any atom is 0.336 e. The van der Waals surface area contributed by atoms with E-state index in [-0.39, 0.29) is 11.7 Å². The van der Waals surface area contributed by atoms with Gasteiger partial charge in [0.25, 0.3) is 0 Å². The average Bonchev–Trinajstić information content (AvgIpc) is 2.59. The van der Waals surface area contributed by atoms with Crippen molar-refractivity contribution in [1.82, 2.24) is 0 Å². The number of benzene rings is 2. The first-order chi connectivity index (χ1) is 12.3. The third-order valence-electron chi connectivity index (χ3n) is 4.93. The molecule has 3 nitrogen and oxygen atoms in total. The number of halogens is 1. The maximum absolute atomic E-state index is 12.0. The maximum atomic E-state index is 12.0. The second-order valence-electron chi connectivity index (χ2n) is 7.23. The van der Waals surface area contributed by atoms with Gasteiger partial charge in [-0.3, -0.25) is 0 Å². The Morgan fingerprint density at radius 2 is 1.77 bits per heavy atom. The van der Waals surface area contributed by atoms with Gasteiger partial charge in [0.15, 0.2) is 0 Å². The fourth-order valence-electron chi connectivity index (χ4n) is 3.39. The summed E-state index contributed by atoms with van der Waals surface area (Å²) in [7, 11) is 0. The molecule has 0 amide bonds. The number of aryl methyl sites for hydroxylation is 1. The minimum absolute atomic E-state index is 0.268. The minimum Gasteiger partial charge on any atom is -0.423 e. The van der Waals surface area contributed by atoms with Crippen LogP contribution in [0.2, 0.25) is 5.02 Å². The number of fused-ring (bicyclic) bond motifs is 1. The van der Waals surface area contributed by atoms with Gasteiger partial charge in [-0.2, -0.15) is 0 Å². The molecular weight excluding hydrogens is 346 g/mol. The van der Waals surface area contributed by atoms with Gasteiger partial charge in [0, 0.05) is 27.6 Å². The topological polar surface area (TPSA) is 46.8 Å². The van der Waals surface area contributed by atoms with Gasteiger partial charge in [-0.05, 0) is 55.2 Å². The minimum atomic E-state index is -0.295. The summed E-state index contributed by atoms with van der Waals surface area (Å²) in [4.78, 5) is 12.0. The second kappa shape index (κ2) is 7.65. The first-order valence-corrected chi connectivity index (χ1v) is 9.39. The highest BCUT2D eigenvalue weighted by atomic mass is 35.5. The number of nitrogens with two attached hydrogens (primary N) is 1. The Kier molecular flexibility index (Phi) is 5.49. The van der Waals surface area contributed by atoms with Crippen LogP contribution in [-0.4, -0.2) is 0 Å². The highest BCUT2D eigenvalue weighted by molar-refractivity contribution is 6.30. The van der Waals surface area contributed by atoms with Gasteiger partial charge in [0.2, 0.25) is 0 Å². The zero-order valence-electron chi connectivity index (χ0n) is 15.7. The van der Waals surface area contributed by atoms with Crippen molar-refractivity contribution in [2.24, 2.45) is 0 Å². The fraction of sp³-hybridized carbons (Fsp3) is 0.318. The molecule has 0 bridgehead atoms. The van der Waals surface area contributed by atoms with Crippen molar-refractivity contribution in [1.29, 1.82) is 0 Å². The lowest BCUT2D eigenvalue weighted by Crippen LogP contribution is -2.83. The van der Waals surface area contributed by atoms with E-state index in [0.29, 0.717) is 18.0 Å². The van der Waals surface area contributed by atoms with Crippen LogP contribution in [0, 0.1) is 6.92 Å². The molecule has 0 aliphatic rings. The number of rotatable bonds is 5. The molecule has 0 spiro atoms. The average molecular weight is 371 g/mol. The second-order valence-corrected chi connectivity index (χ2v) is 7.67. The van der Waals surface area contributed by atoms with E-state index in [1.165, 1.54) is 11.1 Å². The molecule has 0 unspecified atom stereocenters. The van der Waals surface area contributed by atoms with Crippen LogP contribution in [0.5, 0.6) is 0 Å². The van der Waals surface area contributed by atoms with E-state index in [2.05, 4.69) is 39.1 Å². The van der Waals surface area contributed by atoms with E-state index in [9.17, 15) is 4.79 Å². The summed E-state index contributed by atoms with van der Waals surface area (Å²) in [6.45, 7) is 9.30. The van der Waals surface area contributed by atoms with E-state index >= 15 is 0 Å². The molecule has 2 N–H and O–H groups in total. The predicted octanol–water partition coefficient (Wildman–Crippen LogP) is 4.70. The lowest BCUT2D eigenvalue weighted by molar-refractivity contribution is -0.707. The summed E-state index contributed by atoms with van der Waals surface area (Å²) < 4.78 is 5.44. The Hall–Kier alpha value is -2.10. The molecule has 2 aromatic carbocycles. The Balaban J connectivity index is 1.92. The lowest BCUT2D eigenvalue weighted by atomic mass is 9.95. The molecule has 136 valence electrons. The van der Waals surface area contributed by atoms with Crippen LogP contribution in [-0.2, 0) is 6.54 Å². The summed E-state index contributed by atoms with van der Waals surface area (Å²) in [5.41, 5.74) is 5.04. The number of hydrogen-bond acceptors (Lipinski definition) is 2. The highest BCUT2D eigenvalue weighted by Gasteiger charge is 2.14. The summed E-state index contributed by atoms with van der Waals surface area (Å²) in [5.74, 6) is 0.427. The van der Waals surface area contributed by atoms with Crippen LogP contribution in [0.1, 0.15) is 55.0 Å². The van der Waals surface area contributed by atoms with Gasteiger partial charge in [0.05, 0.1) is 0 Å². The van der Waals surface area contributed by atoms with E-state index in [1.54, 1.807) is 6.07 Å². The molecule has 0 radical (unpaired) electrons. The van der Waals surface area contributed by atoms with Gasteiger partial charge in [-0.15, -0.1) is 0 Å². The Morgan fingerprint density at radius 3 is 2.42 bits per heavy atom. The van der Waals surface area contributed by atoms with Crippen molar-refractivity contribution in [2.45, 2.75) is 46.2 Å². The molecule has 0 fully saturated rings. The van der Waals surface area contributed by atoms with Crippen molar-refractivity contribution in [3.05, 3.63) is 80.2 Å². The molecule has 4 heteroatoms. The zero-order chi connectivity index (χ0) is 18.8. The molecule has 3 rings (SSSR count). The third-order valence-corrected chi connectivity index (χ3v) is 5.18. The van der Waals surface area contributed by atoms with E-state index in [0.717, 1.165) is 21.5 Å². The number of quaternary nitrogens is 1. The van der Waals surface area contributed by atoms with E-state index in [4.69, 9.17) is 16.0 Å². The molecule has 0 saturated carbocycles. The van der Waals surface area contributed by atoms with Gasteiger partial charge in [-0.25, -0.2) is 4.79 Å². The van der Waals surface area contributed by atoms with Crippen molar-refractivity contribution >= 4 is 22.6 Å². The molecule has 3 aromatic rings. The molecule has 1 aromatic heterocycles. The van der Waals surface area contributed by atoms with Crippen molar-refractivity contribution in [2.75, 3.05) is 0 Å². The molecule has 1 heterocycles. The first-order valence-electron chi connectivity index (χ1n) is 9.01. The Morgan fingerprint density at radius 1 is 1.08 bits per heavy atom. The van der Waals surface area contributed by atoms with Crippen LogP contribution < -0.4 is 10.9 Å². The smallest absolute Gasteiger partial charge is 0.336 e. The number of hydrogen-bond donors (Lipinski definition) is 1. The van der Waals surface area contributed by atoms with Crippen molar-refractivity contribution in [3.8, 4) is 0 Å². The van der Waals surface area contributed by atoms with Gasteiger partial charge in [0.1, 0.15) is 18.2 Å². The van der Waals surface area contributed by atoms with E-state index in [1.807, 2.05) is 30.3 Å². The summed E-state index contributed by atoms with van der Waals surface area (Å²) in [6, 6.07) is 13.9. The standard InChI is InChI=1S/C22H24ClNO2/c1-13(2)19-11-20-17(10-22(25)26-21(20)9-14(19)3)12-24-15(4)16-5-7-18(23)8-6-16/h5-11,13,15,24H,12H2,1-4H3/p+1/t15-/m1/s1. The largest absolute Gasteiger partial charge is 0.423 e. The van der Waals surface area contributed by atoms with Crippen LogP contribution in [0.15, 0.2) is 51.7 Å². The monoisotopic (exact) mass is 370 g/mol. The van der Waals surface area contributed by atoms with Crippen LogP contribution in [0.4, 0.5) is 0 Å². The molecule has 0 aliphatic heterocycles. The van der Waals surface area contributed by atoms with Crippen molar-refractivity contribution < 1.29 is 9.73 Å². The van der Waals surface area contributed by atoms with Crippen LogP contribution in [0.25, 0.3) is 11.0 Å². The fourth-order valence-corrected chi connectivity index (χ4v) is 3.51. The van der Waals surface area contributed by atoms with E-state index < -0.39 is 0 Å². The normalized spacial score (nSPS) is 12.7. The Bertz CT molecular complexity index is 974. The predicted molar refractivity (Wildman–Crippen MR) is 107 cm³/mol. The molecular formula is C22H25ClNO2+. The quantitative estimate of drug-likeness (QED) is 0.661. The molecule has 0 saturated heterocycles. The zero-order valence-corrected chi connectivity index (χ0v) is 16.4. The van der Waals surface area contributed by atoms with Gasteiger partial charge >= 0.3 is 5.63 Å². The van der Waals surface area contributed by atoms with Gasteiger partial charge < -0.3 is 9.73 Å². The van der Waals surface area contributed by atoms with Crippen LogP contribution >= 0.6 is 11.6 Å². The third kappa shape index (κ3) is 4.00. The summed E-state index contributed by atoms with van der Waals surface area (Å²) in [6.07, 6.45) is 0. The van der Waals surface area contributed by atoms with Gasteiger partial charge in [-0.1, -0.05) is 37.6 Å². The molecule has 1 atom stereocenters. The summed E-state index contributed by atoms with van der Waals surface area (Å²) in [5, 5.41) is 3.99. The highest BCUT2D eigenvalue weighted by Crippen LogP contribution is 2.26. The lowest BCUT2D eigenvalue weighted by Gasteiger charge is -2.14.